The molecule has 1 fully saturated rings. The highest BCUT2D eigenvalue weighted by Gasteiger charge is 2.38. The fraction of sp³-hybridized carbons (Fsp3) is 0.526. The van der Waals surface area contributed by atoms with Crippen molar-refractivity contribution < 1.29 is 14.3 Å². The fourth-order valence-electron chi connectivity index (χ4n) is 2.79. The van der Waals surface area contributed by atoms with Crippen LogP contribution in [0.2, 0.25) is 0 Å². The van der Waals surface area contributed by atoms with Gasteiger partial charge in [0.2, 0.25) is 0 Å². The van der Waals surface area contributed by atoms with E-state index in [-0.39, 0.29) is 18.2 Å². The average molecular weight is 317 g/mol. The second-order valence-corrected chi connectivity index (χ2v) is 6.89. The zero-order valence-corrected chi connectivity index (χ0v) is 14.3. The number of carbonyl (C=O) groups is 1. The van der Waals surface area contributed by atoms with Crippen LogP contribution in [0.25, 0.3) is 0 Å². The molecule has 0 bridgehead atoms. The molecule has 0 aliphatic carbocycles. The maximum Gasteiger partial charge on any atom is 0.410 e. The largest absolute Gasteiger partial charge is 0.444 e. The van der Waals surface area contributed by atoms with Gasteiger partial charge < -0.3 is 14.4 Å². The highest BCUT2D eigenvalue weighted by atomic mass is 16.6. The van der Waals surface area contributed by atoms with Crippen molar-refractivity contribution >= 4 is 6.09 Å². The molecule has 0 aromatic heterocycles. The summed E-state index contributed by atoms with van der Waals surface area (Å²) in [5.41, 5.74) is 0.652. The highest BCUT2D eigenvalue weighted by molar-refractivity contribution is 5.69. The molecule has 4 nitrogen and oxygen atoms in total. The highest BCUT2D eigenvalue weighted by Crippen LogP contribution is 2.27. The van der Waals surface area contributed by atoms with Crippen LogP contribution in [-0.2, 0) is 16.1 Å². The summed E-state index contributed by atoms with van der Waals surface area (Å²) in [6.45, 7) is 10.7. The first-order chi connectivity index (χ1) is 10.9. The molecule has 1 aromatic carbocycles. The van der Waals surface area contributed by atoms with Crippen molar-refractivity contribution in [3.05, 3.63) is 48.6 Å². The topological polar surface area (TPSA) is 38.8 Å². The molecule has 2 atom stereocenters. The zero-order valence-electron chi connectivity index (χ0n) is 14.3. The number of likely N-dealkylation sites (tertiary alicyclic amines) is 1. The van der Waals surface area contributed by atoms with Gasteiger partial charge in [0.05, 0.1) is 18.8 Å². The number of hydrogen-bond donors (Lipinski definition) is 0. The Morgan fingerprint density at radius 1 is 1.35 bits per heavy atom. The molecule has 0 radical (unpaired) electrons. The molecular weight excluding hydrogens is 290 g/mol. The number of hydrogen-bond acceptors (Lipinski definition) is 3. The van der Waals surface area contributed by atoms with E-state index in [4.69, 9.17) is 9.47 Å². The maximum atomic E-state index is 12.4. The van der Waals surface area contributed by atoms with Crippen LogP contribution < -0.4 is 0 Å². The molecule has 1 amide bonds. The van der Waals surface area contributed by atoms with E-state index >= 15 is 0 Å². The zero-order chi connectivity index (χ0) is 16.9. The van der Waals surface area contributed by atoms with Crippen LogP contribution in [0.15, 0.2) is 43.0 Å². The molecule has 4 heteroatoms. The Labute approximate surface area is 139 Å². The Morgan fingerprint density at radius 2 is 2.04 bits per heavy atom. The molecule has 1 aliphatic rings. The molecule has 0 N–H and O–H groups in total. The van der Waals surface area contributed by atoms with Gasteiger partial charge in [0, 0.05) is 6.54 Å². The van der Waals surface area contributed by atoms with Gasteiger partial charge in [-0.25, -0.2) is 4.79 Å². The Bertz CT molecular complexity index is 521. The standard InChI is InChI=1S/C19H27NO3/c1-5-9-16-17(22-14-15-10-7-6-8-11-15)12-13-20(16)18(21)23-19(2,3)4/h5-8,10-11,16-17H,1,9,12-14H2,2-4H3. The molecule has 2 rings (SSSR count). The summed E-state index contributed by atoms with van der Waals surface area (Å²) in [7, 11) is 0. The van der Waals surface area contributed by atoms with Crippen LogP contribution in [0.3, 0.4) is 0 Å². The van der Waals surface area contributed by atoms with E-state index in [2.05, 4.69) is 6.58 Å². The summed E-state index contributed by atoms with van der Waals surface area (Å²) in [6, 6.07) is 10.1. The predicted molar refractivity (Wildman–Crippen MR) is 91.2 cm³/mol. The molecule has 126 valence electrons. The van der Waals surface area contributed by atoms with Crippen molar-refractivity contribution in [2.45, 2.75) is 58.0 Å². The second kappa shape index (κ2) is 7.64. The molecule has 23 heavy (non-hydrogen) atoms. The number of benzene rings is 1. The van der Waals surface area contributed by atoms with Gasteiger partial charge in [-0.3, -0.25) is 0 Å². The van der Waals surface area contributed by atoms with Crippen molar-refractivity contribution in [2.75, 3.05) is 6.54 Å². The lowest BCUT2D eigenvalue weighted by Gasteiger charge is -2.30. The van der Waals surface area contributed by atoms with Gasteiger partial charge in [-0.1, -0.05) is 36.4 Å². The first-order valence-corrected chi connectivity index (χ1v) is 8.17. The number of nitrogens with zero attached hydrogens (tertiary/aromatic N) is 1. The van der Waals surface area contributed by atoms with E-state index in [1.165, 1.54) is 0 Å². The normalized spacial score (nSPS) is 21.3. The molecule has 0 saturated carbocycles. The van der Waals surface area contributed by atoms with Crippen molar-refractivity contribution in [3.63, 3.8) is 0 Å². The van der Waals surface area contributed by atoms with E-state index in [0.29, 0.717) is 19.6 Å². The lowest BCUT2D eigenvalue weighted by atomic mass is 10.1. The van der Waals surface area contributed by atoms with Crippen LogP contribution in [0.1, 0.15) is 39.2 Å². The number of ether oxygens (including phenoxy) is 2. The summed E-state index contributed by atoms with van der Waals surface area (Å²) in [5, 5.41) is 0. The number of rotatable bonds is 5. The smallest absolute Gasteiger partial charge is 0.410 e. The molecule has 0 spiro atoms. The SMILES string of the molecule is C=CCC1C(OCc2ccccc2)CCN1C(=O)OC(C)(C)C. The first-order valence-electron chi connectivity index (χ1n) is 8.17. The van der Waals surface area contributed by atoms with Gasteiger partial charge in [-0.15, -0.1) is 6.58 Å². The number of carbonyl (C=O) groups excluding carboxylic acids is 1. The van der Waals surface area contributed by atoms with Crippen LogP contribution in [-0.4, -0.2) is 35.3 Å². The van der Waals surface area contributed by atoms with E-state index in [1.54, 1.807) is 4.90 Å². The van der Waals surface area contributed by atoms with Gasteiger partial charge in [0.25, 0.3) is 0 Å². The van der Waals surface area contributed by atoms with Gasteiger partial charge in [-0.05, 0) is 39.2 Å². The molecule has 1 saturated heterocycles. The Hall–Kier alpha value is -1.81. The van der Waals surface area contributed by atoms with Crippen molar-refractivity contribution in [2.24, 2.45) is 0 Å². The van der Waals surface area contributed by atoms with Crippen LogP contribution in [0.4, 0.5) is 4.79 Å². The quantitative estimate of drug-likeness (QED) is 0.766. The van der Waals surface area contributed by atoms with Gasteiger partial charge in [-0.2, -0.15) is 0 Å². The number of amides is 1. The Balaban J connectivity index is 1.98. The lowest BCUT2D eigenvalue weighted by molar-refractivity contribution is -0.00348. The minimum atomic E-state index is -0.487. The first kappa shape index (κ1) is 17.5. The monoisotopic (exact) mass is 317 g/mol. The minimum absolute atomic E-state index is 0.00828. The third-order valence-electron chi connectivity index (χ3n) is 3.83. The van der Waals surface area contributed by atoms with Gasteiger partial charge >= 0.3 is 6.09 Å². The summed E-state index contributed by atoms with van der Waals surface area (Å²) < 4.78 is 11.6. The van der Waals surface area contributed by atoms with Gasteiger partial charge in [0.1, 0.15) is 5.60 Å². The lowest BCUT2D eigenvalue weighted by Crippen LogP contribution is -2.42. The molecular formula is C19H27NO3. The van der Waals surface area contributed by atoms with E-state index in [1.807, 2.05) is 57.2 Å². The third-order valence-corrected chi connectivity index (χ3v) is 3.83. The summed E-state index contributed by atoms with van der Waals surface area (Å²) in [4.78, 5) is 14.2. The van der Waals surface area contributed by atoms with E-state index in [0.717, 1.165) is 12.0 Å². The second-order valence-electron chi connectivity index (χ2n) is 6.89. The van der Waals surface area contributed by atoms with Crippen LogP contribution in [0, 0.1) is 0 Å². The van der Waals surface area contributed by atoms with Gasteiger partial charge in [0.15, 0.2) is 0 Å². The minimum Gasteiger partial charge on any atom is -0.444 e. The van der Waals surface area contributed by atoms with Crippen LogP contribution >= 0.6 is 0 Å². The molecule has 1 aliphatic heterocycles. The van der Waals surface area contributed by atoms with Crippen LogP contribution in [0.5, 0.6) is 0 Å². The summed E-state index contributed by atoms with van der Waals surface area (Å²) >= 11 is 0. The molecule has 1 heterocycles. The molecule has 2 unspecified atom stereocenters. The fourth-order valence-corrected chi connectivity index (χ4v) is 2.79. The van der Waals surface area contributed by atoms with E-state index in [9.17, 15) is 4.79 Å². The maximum absolute atomic E-state index is 12.4. The summed E-state index contributed by atoms with van der Waals surface area (Å²) in [5.74, 6) is 0. The van der Waals surface area contributed by atoms with Crippen molar-refractivity contribution in [3.8, 4) is 0 Å². The Kier molecular flexibility index (Phi) is 5.83. The molecule has 1 aromatic rings. The Morgan fingerprint density at radius 3 is 2.65 bits per heavy atom. The van der Waals surface area contributed by atoms with E-state index < -0.39 is 5.60 Å². The third kappa shape index (κ3) is 5.10. The average Bonchev–Trinajstić information content (AvgIpc) is 2.88. The summed E-state index contributed by atoms with van der Waals surface area (Å²) in [6.07, 6.45) is 3.12. The van der Waals surface area contributed by atoms with Crippen molar-refractivity contribution in [1.29, 1.82) is 0 Å². The predicted octanol–water partition coefficient (Wildman–Crippen LogP) is 4.16. The van der Waals surface area contributed by atoms with Crippen molar-refractivity contribution in [1.82, 2.24) is 4.90 Å².